The van der Waals surface area contributed by atoms with Crippen LogP contribution in [0.25, 0.3) is 11.1 Å². The number of hydrogen-bond donors (Lipinski definition) is 2. The van der Waals surface area contributed by atoms with Crippen molar-refractivity contribution in [1.29, 1.82) is 0 Å². The molecule has 0 aliphatic heterocycles. The first kappa shape index (κ1) is 9.97. The molecule has 1 heterocycles. The molecule has 4 nitrogen and oxygen atoms in total. The Labute approximate surface area is 92.6 Å². The number of hydrogen-bond acceptors (Lipinski definition) is 4. The molecular formula is C9H6BrFN2O2. The molecule has 0 amide bonds. The Kier molecular flexibility index (Phi) is 2.36. The average molecular weight is 273 g/mol. The maximum atomic E-state index is 13.1. The fraction of sp³-hybridized carbons (Fsp3) is 0. The largest absolute Gasteiger partial charge is 0.504 e. The Hall–Kier alpha value is -1.56. The molecule has 2 rings (SSSR count). The quantitative estimate of drug-likeness (QED) is 0.837. The van der Waals surface area contributed by atoms with Crippen LogP contribution in [0.1, 0.15) is 0 Å². The molecule has 78 valence electrons. The van der Waals surface area contributed by atoms with Crippen LogP contribution in [0.5, 0.6) is 5.75 Å². The molecule has 0 atom stereocenters. The lowest BCUT2D eigenvalue weighted by Crippen LogP contribution is -1.88. The van der Waals surface area contributed by atoms with Crippen LogP contribution < -0.4 is 5.73 Å². The van der Waals surface area contributed by atoms with Gasteiger partial charge >= 0.3 is 0 Å². The van der Waals surface area contributed by atoms with Crippen molar-refractivity contribution in [2.75, 3.05) is 5.73 Å². The molecule has 0 fully saturated rings. The van der Waals surface area contributed by atoms with E-state index in [0.717, 1.165) is 6.07 Å². The summed E-state index contributed by atoms with van der Waals surface area (Å²) in [5.74, 6) is -1.19. The molecule has 0 aliphatic carbocycles. The molecule has 1 aromatic heterocycles. The lowest BCUT2D eigenvalue weighted by Gasteiger charge is -2.05. The summed E-state index contributed by atoms with van der Waals surface area (Å²) in [6, 6.07) is 2.61. The Morgan fingerprint density at radius 1 is 1.47 bits per heavy atom. The fourth-order valence-corrected chi connectivity index (χ4v) is 1.77. The number of anilines is 1. The number of halogens is 2. The number of nitrogens with two attached hydrogens (primary N) is 1. The Morgan fingerprint density at radius 2 is 2.20 bits per heavy atom. The minimum Gasteiger partial charge on any atom is -0.504 e. The van der Waals surface area contributed by atoms with E-state index in [1.165, 1.54) is 12.3 Å². The predicted octanol–water partition coefficient (Wildman–Crippen LogP) is 2.53. The minimum atomic E-state index is -0.728. The summed E-state index contributed by atoms with van der Waals surface area (Å²) in [5, 5.41) is 13.0. The average Bonchev–Trinajstić information content (AvgIpc) is 2.60. The molecule has 0 unspecified atom stereocenters. The number of nitrogens with zero attached hydrogens (tertiary/aromatic N) is 1. The Balaban J connectivity index is 2.72. The SMILES string of the molecule is Nc1oncc1-c1c(Br)ccc(F)c1O. The van der Waals surface area contributed by atoms with Crippen LogP contribution in [-0.2, 0) is 0 Å². The van der Waals surface area contributed by atoms with E-state index in [2.05, 4.69) is 25.6 Å². The summed E-state index contributed by atoms with van der Waals surface area (Å²) in [5.41, 5.74) is 6.05. The monoisotopic (exact) mass is 272 g/mol. The van der Waals surface area contributed by atoms with Gasteiger partial charge < -0.3 is 15.4 Å². The fourth-order valence-electron chi connectivity index (χ4n) is 1.23. The highest BCUT2D eigenvalue weighted by Crippen LogP contribution is 2.40. The number of aromatic hydroxyl groups is 1. The van der Waals surface area contributed by atoms with Gasteiger partial charge in [-0.25, -0.2) is 4.39 Å². The Morgan fingerprint density at radius 3 is 2.80 bits per heavy atom. The van der Waals surface area contributed by atoms with Crippen LogP contribution in [0.4, 0.5) is 10.3 Å². The highest BCUT2D eigenvalue weighted by molar-refractivity contribution is 9.10. The van der Waals surface area contributed by atoms with E-state index >= 15 is 0 Å². The number of nitrogen functional groups attached to an aromatic ring is 1. The van der Waals surface area contributed by atoms with E-state index in [1.54, 1.807) is 0 Å². The molecule has 0 spiro atoms. The third kappa shape index (κ3) is 1.56. The van der Waals surface area contributed by atoms with Gasteiger partial charge in [0, 0.05) is 10.0 Å². The molecule has 15 heavy (non-hydrogen) atoms. The van der Waals surface area contributed by atoms with Gasteiger partial charge in [-0.1, -0.05) is 21.1 Å². The van der Waals surface area contributed by atoms with Gasteiger partial charge in [0.05, 0.1) is 11.8 Å². The van der Waals surface area contributed by atoms with Crippen LogP contribution >= 0.6 is 15.9 Å². The van der Waals surface area contributed by atoms with Gasteiger partial charge in [0.2, 0.25) is 5.88 Å². The zero-order chi connectivity index (χ0) is 11.0. The maximum absolute atomic E-state index is 13.1. The van der Waals surface area contributed by atoms with Crippen LogP contribution in [0.15, 0.2) is 27.3 Å². The van der Waals surface area contributed by atoms with Gasteiger partial charge in [-0.15, -0.1) is 0 Å². The van der Waals surface area contributed by atoms with E-state index < -0.39 is 11.6 Å². The van der Waals surface area contributed by atoms with Crippen LogP contribution in [0, 0.1) is 5.82 Å². The van der Waals surface area contributed by atoms with E-state index in [-0.39, 0.29) is 11.4 Å². The number of phenolic OH excluding ortho intramolecular Hbond substituents is 1. The highest BCUT2D eigenvalue weighted by atomic mass is 79.9. The Bertz CT molecular complexity index is 513. The second kappa shape index (κ2) is 3.54. The zero-order valence-electron chi connectivity index (χ0n) is 7.37. The van der Waals surface area contributed by atoms with Crippen LogP contribution in [0.2, 0.25) is 0 Å². The molecular weight excluding hydrogens is 267 g/mol. The van der Waals surface area contributed by atoms with Crippen molar-refractivity contribution in [2.24, 2.45) is 0 Å². The molecule has 6 heteroatoms. The van der Waals surface area contributed by atoms with Gasteiger partial charge in [-0.2, -0.15) is 0 Å². The molecule has 2 aromatic rings. The lowest BCUT2D eigenvalue weighted by atomic mass is 10.1. The molecule has 0 saturated heterocycles. The van der Waals surface area contributed by atoms with E-state index in [0.29, 0.717) is 10.0 Å². The summed E-state index contributed by atoms with van der Waals surface area (Å²) in [7, 11) is 0. The van der Waals surface area contributed by atoms with E-state index in [4.69, 9.17) is 5.73 Å². The lowest BCUT2D eigenvalue weighted by molar-refractivity contribution is 0.432. The first-order chi connectivity index (χ1) is 7.11. The van der Waals surface area contributed by atoms with Crippen molar-refractivity contribution >= 4 is 21.8 Å². The van der Waals surface area contributed by atoms with Crippen molar-refractivity contribution in [3.05, 3.63) is 28.6 Å². The minimum absolute atomic E-state index is 0.0246. The van der Waals surface area contributed by atoms with Crippen LogP contribution in [0.3, 0.4) is 0 Å². The summed E-state index contributed by atoms with van der Waals surface area (Å²) >= 11 is 3.19. The summed E-state index contributed by atoms with van der Waals surface area (Å²) in [4.78, 5) is 0. The first-order valence-electron chi connectivity index (χ1n) is 3.98. The van der Waals surface area contributed by atoms with Crippen molar-refractivity contribution in [2.45, 2.75) is 0 Å². The highest BCUT2D eigenvalue weighted by Gasteiger charge is 2.17. The summed E-state index contributed by atoms with van der Waals surface area (Å²) in [6.07, 6.45) is 1.31. The van der Waals surface area contributed by atoms with Gasteiger partial charge in [0.1, 0.15) is 0 Å². The maximum Gasteiger partial charge on any atom is 0.230 e. The van der Waals surface area contributed by atoms with Crippen LogP contribution in [-0.4, -0.2) is 10.3 Å². The second-order valence-electron chi connectivity index (χ2n) is 2.86. The van der Waals surface area contributed by atoms with Crippen molar-refractivity contribution in [1.82, 2.24) is 5.16 Å². The first-order valence-corrected chi connectivity index (χ1v) is 4.78. The van der Waals surface area contributed by atoms with Crippen molar-refractivity contribution in [3.63, 3.8) is 0 Å². The van der Waals surface area contributed by atoms with E-state index in [1.807, 2.05) is 0 Å². The zero-order valence-corrected chi connectivity index (χ0v) is 8.95. The standard InChI is InChI=1S/C9H6BrFN2O2/c10-5-1-2-6(11)8(14)7(5)4-3-13-15-9(4)12/h1-3,14H,12H2. The molecule has 3 N–H and O–H groups in total. The summed E-state index contributed by atoms with van der Waals surface area (Å²) in [6.45, 7) is 0. The third-order valence-corrected chi connectivity index (χ3v) is 2.61. The van der Waals surface area contributed by atoms with Crippen molar-refractivity contribution < 1.29 is 14.0 Å². The topological polar surface area (TPSA) is 72.3 Å². The smallest absolute Gasteiger partial charge is 0.230 e. The normalized spacial score (nSPS) is 10.5. The summed E-state index contributed by atoms with van der Waals surface area (Å²) < 4.78 is 18.3. The number of rotatable bonds is 1. The van der Waals surface area contributed by atoms with Gasteiger partial charge in [0.25, 0.3) is 0 Å². The van der Waals surface area contributed by atoms with Gasteiger partial charge in [-0.3, -0.25) is 0 Å². The molecule has 0 saturated carbocycles. The third-order valence-electron chi connectivity index (χ3n) is 1.95. The second-order valence-corrected chi connectivity index (χ2v) is 3.71. The molecule has 0 bridgehead atoms. The molecule has 0 radical (unpaired) electrons. The molecule has 1 aromatic carbocycles. The number of phenols is 1. The van der Waals surface area contributed by atoms with Gasteiger partial charge in [-0.05, 0) is 12.1 Å². The number of benzene rings is 1. The predicted molar refractivity (Wildman–Crippen MR) is 55.7 cm³/mol. The number of aromatic nitrogens is 1. The molecule has 0 aliphatic rings. The van der Waals surface area contributed by atoms with E-state index in [9.17, 15) is 9.50 Å². The van der Waals surface area contributed by atoms with Gasteiger partial charge in [0.15, 0.2) is 11.6 Å². The van der Waals surface area contributed by atoms with Crippen molar-refractivity contribution in [3.8, 4) is 16.9 Å².